The Bertz CT molecular complexity index is 1040. The second-order valence-electron chi connectivity index (χ2n) is 7.02. The van der Waals surface area contributed by atoms with Crippen LogP contribution in [0.25, 0.3) is 0 Å². The van der Waals surface area contributed by atoms with Crippen molar-refractivity contribution in [1.82, 2.24) is 15.2 Å². The van der Waals surface area contributed by atoms with E-state index in [-0.39, 0.29) is 30.5 Å². The van der Waals surface area contributed by atoms with Gasteiger partial charge < -0.3 is 18.9 Å². The standard InChI is InChI=1S/C22H23N3O5/c1-2-28-22(27)19-8-7-17(30-19)11-23-21(26)18-14-29-20(24-18)13-25-10-9-15-5-3-4-6-16(15)12-25/h3-8,14H,2,9-13H2,1H3,(H,23,26). The monoisotopic (exact) mass is 409 g/mol. The highest BCUT2D eigenvalue weighted by Crippen LogP contribution is 2.20. The van der Waals surface area contributed by atoms with Gasteiger partial charge in [-0.2, -0.15) is 0 Å². The number of amides is 1. The van der Waals surface area contributed by atoms with E-state index in [4.69, 9.17) is 13.6 Å². The van der Waals surface area contributed by atoms with Gasteiger partial charge in [-0.15, -0.1) is 0 Å². The molecule has 1 aromatic carbocycles. The fourth-order valence-electron chi connectivity index (χ4n) is 3.41. The molecule has 0 radical (unpaired) electrons. The van der Waals surface area contributed by atoms with Crippen LogP contribution in [0, 0.1) is 0 Å². The number of benzene rings is 1. The first kappa shape index (κ1) is 19.9. The highest BCUT2D eigenvalue weighted by atomic mass is 16.5. The van der Waals surface area contributed by atoms with Gasteiger partial charge in [0.25, 0.3) is 5.91 Å². The summed E-state index contributed by atoms with van der Waals surface area (Å²) < 4.78 is 15.7. The Kier molecular flexibility index (Phi) is 5.94. The van der Waals surface area contributed by atoms with E-state index in [1.807, 2.05) is 6.07 Å². The van der Waals surface area contributed by atoms with Crippen molar-refractivity contribution in [2.45, 2.75) is 33.0 Å². The van der Waals surface area contributed by atoms with Crippen molar-refractivity contribution in [3.05, 3.63) is 76.9 Å². The molecule has 0 fully saturated rings. The van der Waals surface area contributed by atoms with Crippen LogP contribution in [0.4, 0.5) is 0 Å². The minimum atomic E-state index is -0.531. The van der Waals surface area contributed by atoms with E-state index >= 15 is 0 Å². The first-order chi connectivity index (χ1) is 14.6. The molecule has 1 aliphatic rings. The first-order valence-electron chi connectivity index (χ1n) is 9.90. The molecule has 0 aliphatic carbocycles. The summed E-state index contributed by atoms with van der Waals surface area (Å²) in [6.45, 7) is 4.41. The van der Waals surface area contributed by atoms with Crippen molar-refractivity contribution in [2.75, 3.05) is 13.2 Å². The molecule has 3 aromatic rings. The Morgan fingerprint density at radius 2 is 2.03 bits per heavy atom. The number of carbonyl (C=O) groups excluding carboxylic acids is 2. The van der Waals surface area contributed by atoms with Crippen LogP contribution in [-0.2, 0) is 30.8 Å². The molecule has 1 aliphatic heterocycles. The van der Waals surface area contributed by atoms with E-state index in [0.717, 1.165) is 19.5 Å². The lowest BCUT2D eigenvalue weighted by Crippen LogP contribution is -2.30. The molecule has 2 aromatic heterocycles. The van der Waals surface area contributed by atoms with Crippen LogP contribution < -0.4 is 5.32 Å². The Balaban J connectivity index is 1.30. The number of hydrogen-bond acceptors (Lipinski definition) is 7. The van der Waals surface area contributed by atoms with Crippen LogP contribution >= 0.6 is 0 Å². The summed E-state index contributed by atoms with van der Waals surface area (Å²) in [5.74, 6) is 0.150. The summed E-state index contributed by atoms with van der Waals surface area (Å²) in [4.78, 5) is 30.5. The lowest BCUT2D eigenvalue weighted by molar-refractivity contribution is 0.0488. The smallest absolute Gasteiger partial charge is 0.374 e. The molecular formula is C22H23N3O5. The van der Waals surface area contributed by atoms with Gasteiger partial charge in [-0.3, -0.25) is 9.69 Å². The maximum Gasteiger partial charge on any atom is 0.374 e. The van der Waals surface area contributed by atoms with E-state index in [2.05, 4.69) is 33.4 Å². The average Bonchev–Trinajstić information content (AvgIpc) is 3.42. The third kappa shape index (κ3) is 4.60. The van der Waals surface area contributed by atoms with Crippen molar-refractivity contribution >= 4 is 11.9 Å². The summed E-state index contributed by atoms with van der Waals surface area (Å²) >= 11 is 0. The van der Waals surface area contributed by atoms with Crippen LogP contribution in [0.3, 0.4) is 0 Å². The largest absolute Gasteiger partial charge is 0.460 e. The number of esters is 1. The topological polar surface area (TPSA) is 97.8 Å². The van der Waals surface area contributed by atoms with Gasteiger partial charge in [0.2, 0.25) is 11.7 Å². The number of aromatic nitrogens is 1. The van der Waals surface area contributed by atoms with Gasteiger partial charge in [0.1, 0.15) is 12.0 Å². The fraction of sp³-hybridized carbons (Fsp3) is 0.318. The number of furan rings is 1. The molecule has 0 bridgehead atoms. The number of nitrogens with zero attached hydrogens (tertiary/aromatic N) is 2. The molecule has 8 heteroatoms. The molecule has 4 rings (SSSR count). The van der Waals surface area contributed by atoms with Gasteiger partial charge in [0, 0.05) is 13.1 Å². The lowest BCUT2D eigenvalue weighted by atomic mass is 10.00. The van der Waals surface area contributed by atoms with Gasteiger partial charge >= 0.3 is 5.97 Å². The summed E-state index contributed by atoms with van der Waals surface area (Å²) in [6, 6.07) is 11.5. The third-order valence-corrected chi connectivity index (χ3v) is 4.91. The van der Waals surface area contributed by atoms with Gasteiger partial charge in [-0.25, -0.2) is 9.78 Å². The molecule has 156 valence electrons. The van der Waals surface area contributed by atoms with E-state index < -0.39 is 5.97 Å². The minimum Gasteiger partial charge on any atom is -0.460 e. The van der Waals surface area contributed by atoms with Crippen LogP contribution in [0.2, 0.25) is 0 Å². The maximum atomic E-state index is 12.3. The summed E-state index contributed by atoms with van der Waals surface area (Å²) in [5.41, 5.74) is 2.90. The fourth-order valence-corrected chi connectivity index (χ4v) is 3.41. The third-order valence-electron chi connectivity index (χ3n) is 4.91. The SMILES string of the molecule is CCOC(=O)c1ccc(CNC(=O)c2coc(CN3CCc4ccccc4C3)n2)o1. The van der Waals surface area contributed by atoms with Gasteiger partial charge in [0.05, 0.1) is 19.7 Å². The predicted molar refractivity (Wildman–Crippen MR) is 107 cm³/mol. The van der Waals surface area contributed by atoms with Crippen molar-refractivity contribution in [2.24, 2.45) is 0 Å². The molecule has 0 saturated carbocycles. The number of rotatable bonds is 7. The average molecular weight is 409 g/mol. The molecule has 0 spiro atoms. The highest BCUT2D eigenvalue weighted by molar-refractivity contribution is 5.91. The Hall–Kier alpha value is -3.39. The van der Waals surface area contributed by atoms with Crippen LogP contribution in [-0.4, -0.2) is 34.9 Å². The molecule has 3 heterocycles. The number of carbonyl (C=O) groups is 2. The van der Waals surface area contributed by atoms with Crippen LogP contribution in [0.5, 0.6) is 0 Å². The normalized spacial score (nSPS) is 13.6. The molecule has 0 saturated heterocycles. The molecule has 0 unspecified atom stereocenters. The summed E-state index contributed by atoms with van der Waals surface area (Å²) in [7, 11) is 0. The number of nitrogens with one attached hydrogen (secondary N) is 1. The number of ether oxygens (including phenoxy) is 1. The van der Waals surface area contributed by atoms with Crippen molar-refractivity contribution in [1.29, 1.82) is 0 Å². The van der Waals surface area contributed by atoms with Gasteiger partial charge in [-0.1, -0.05) is 24.3 Å². The van der Waals surface area contributed by atoms with E-state index in [1.54, 1.807) is 13.0 Å². The summed E-state index contributed by atoms with van der Waals surface area (Å²) in [6.07, 6.45) is 2.34. The molecule has 0 atom stereocenters. The second-order valence-corrected chi connectivity index (χ2v) is 7.02. The van der Waals surface area contributed by atoms with E-state index in [9.17, 15) is 9.59 Å². The van der Waals surface area contributed by atoms with E-state index in [0.29, 0.717) is 18.2 Å². The molecule has 1 N–H and O–H groups in total. The predicted octanol–water partition coefficient (Wildman–Crippen LogP) is 2.93. The Morgan fingerprint density at radius 1 is 1.20 bits per heavy atom. The molecular weight excluding hydrogens is 386 g/mol. The lowest BCUT2D eigenvalue weighted by Gasteiger charge is -2.27. The second kappa shape index (κ2) is 8.96. The van der Waals surface area contributed by atoms with Gasteiger partial charge in [0.15, 0.2) is 5.69 Å². The van der Waals surface area contributed by atoms with Crippen molar-refractivity contribution < 1.29 is 23.2 Å². The van der Waals surface area contributed by atoms with Crippen LogP contribution in [0.1, 0.15) is 50.7 Å². The zero-order chi connectivity index (χ0) is 20.9. The highest BCUT2D eigenvalue weighted by Gasteiger charge is 2.19. The number of fused-ring (bicyclic) bond motifs is 1. The maximum absolute atomic E-state index is 12.3. The first-order valence-corrected chi connectivity index (χ1v) is 9.90. The zero-order valence-corrected chi connectivity index (χ0v) is 16.7. The van der Waals surface area contributed by atoms with Gasteiger partial charge in [-0.05, 0) is 36.6 Å². The number of oxazole rings is 1. The molecule has 30 heavy (non-hydrogen) atoms. The molecule has 8 nitrogen and oxygen atoms in total. The number of hydrogen-bond donors (Lipinski definition) is 1. The Morgan fingerprint density at radius 3 is 2.87 bits per heavy atom. The Labute approximate surface area is 173 Å². The van der Waals surface area contributed by atoms with E-state index in [1.165, 1.54) is 23.5 Å². The molecule has 1 amide bonds. The minimum absolute atomic E-state index is 0.105. The summed E-state index contributed by atoms with van der Waals surface area (Å²) in [5, 5.41) is 2.71. The van der Waals surface area contributed by atoms with Crippen molar-refractivity contribution in [3.63, 3.8) is 0 Å². The zero-order valence-electron chi connectivity index (χ0n) is 16.7. The van der Waals surface area contributed by atoms with Crippen molar-refractivity contribution in [3.8, 4) is 0 Å². The quantitative estimate of drug-likeness (QED) is 0.599. The van der Waals surface area contributed by atoms with Crippen LogP contribution in [0.15, 0.2) is 51.5 Å².